The van der Waals surface area contributed by atoms with Gasteiger partial charge in [0.05, 0.1) is 18.2 Å². The van der Waals surface area contributed by atoms with Gasteiger partial charge < -0.3 is 15.4 Å². The summed E-state index contributed by atoms with van der Waals surface area (Å²) in [5.41, 5.74) is 1.69. The van der Waals surface area contributed by atoms with Crippen LogP contribution < -0.4 is 10.6 Å². The molecule has 9 nitrogen and oxygen atoms in total. The van der Waals surface area contributed by atoms with Crippen LogP contribution in [0.1, 0.15) is 40.1 Å². The second kappa shape index (κ2) is 11.2. The number of imide groups is 1. The zero-order valence-electron chi connectivity index (χ0n) is 20.6. The van der Waals surface area contributed by atoms with Gasteiger partial charge in [-0.15, -0.1) is 10.2 Å². The van der Waals surface area contributed by atoms with Crippen molar-refractivity contribution in [1.29, 1.82) is 0 Å². The van der Waals surface area contributed by atoms with Crippen molar-refractivity contribution in [2.24, 2.45) is 16.1 Å². The van der Waals surface area contributed by atoms with Gasteiger partial charge in [0.15, 0.2) is 0 Å². The zero-order chi connectivity index (χ0) is 25.7. The fourth-order valence-corrected chi connectivity index (χ4v) is 4.42. The highest BCUT2D eigenvalue weighted by Gasteiger charge is 2.39. The SMILES string of the molecule is CNC(=O)/C(N=Nc1c(Sc2ccc(C)cc2)ccc2c1C(=O)N(CC(C)C)C2=O)=C(\NC)OC. The Morgan fingerprint density at radius 3 is 2.31 bits per heavy atom. The Hall–Kier alpha value is -3.66. The summed E-state index contributed by atoms with van der Waals surface area (Å²) in [7, 11) is 4.45. The summed E-state index contributed by atoms with van der Waals surface area (Å²) in [6.07, 6.45) is 0. The predicted molar refractivity (Wildman–Crippen MR) is 134 cm³/mol. The van der Waals surface area contributed by atoms with E-state index in [2.05, 4.69) is 20.9 Å². The molecule has 0 aromatic heterocycles. The number of rotatable bonds is 9. The number of methoxy groups -OCH3 is 1. The van der Waals surface area contributed by atoms with Gasteiger partial charge in [-0.25, -0.2) is 0 Å². The van der Waals surface area contributed by atoms with E-state index in [9.17, 15) is 14.4 Å². The first-order valence-corrected chi connectivity index (χ1v) is 11.9. The smallest absolute Gasteiger partial charge is 0.277 e. The van der Waals surface area contributed by atoms with Crippen molar-refractivity contribution in [2.45, 2.75) is 30.6 Å². The van der Waals surface area contributed by atoms with E-state index in [0.717, 1.165) is 10.5 Å². The topological polar surface area (TPSA) is 112 Å². The first-order chi connectivity index (χ1) is 16.7. The molecule has 2 aromatic rings. The number of likely N-dealkylation sites (N-methyl/N-ethyl adjacent to an activating group) is 1. The molecule has 10 heteroatoms. The Morgan fingerprint density at radius 1 is 1.06 bits per heavy atom. The van der Waals surface area contributed by atoms with Gasteiger partial charge in [-0.1, -0.05) is 43.3 Å². The minimum Gasteiger partial charge on any atom is -0.481 e. The first-order valence-electron chi connectivity index (χ1n) is 11.1. The van der Waals surface area contributed by atoms with Crippen LogP contribution in [0.5, 0.6) is 0 Å². The summed E-state index contributed by atoms with van der Waals surface area (Å²) in [4.78, 5) is 41.6. The second-order valence-corrected chi connectivity index (χ2v) is 9.39. The highest BCUT2D eigenvalue weighted by Crippen LogP contribution is 2.42. The number of hydrogen-bond acceptors (Lipinski definition) is 8. The molecule has 3 amide bonds. The molecule has 0 spiro atoms. The molecule has 0 aliphatic carbocycles. The standard InChI is InChI=1S/C25H29N5O4S/c1-14(2)13-30-24(32)17-11-12-18(35-16-9-7-15(3)8-10-16)20(19(17)25(30)33)28-29-21(22(31)26-4)23(27-5)34-6/h7-12,14,27H,13H2,1-6H3,(H,26,31)/b23-21-,29-28?. The van der Waals surface area contributed by atoms with E-state index in [4.69, 9.17) is 4.74 Å². The summed E-state index contributed by atoms with van der Waals surface area (Å²) in [6, 6.07) is 11.3. The highest BCUT2D eigenvalue weighted by molar-refractivity contribution is 7.99. The molecule has 184 valence electrons. The number of carbonyl (C=O) groups is 3. The highest BCUT2D eigenvalue weighted by atomic mass is 32.2. The zero-order valence-corrected chi connectivity index (χ0v) is 21.4. The number of aryl methyl sites for hydroxylation is 1. The van der Waals surface area contributed by atoms with E-state index in [1.807, 2.05) is 45.0 Å². The van der Waals surface area contributed by atoms with Crippen LogP contribution in [0.15, 0.2) is 68.0 Å². The van der Waals surface area contributed by atoms with E-state index >= 15 is 0 Å². The van der Waals surface area contributed by atoms with Gasteiger partial charge in [0.2, 0.25) is 11.6 Å². The molecule has 3 rings (SSSR count). The lowest BCUT2D eigenvalue weighted by Crippen LogP contribution is -2.33. The van der Waals surface area contributed by atoms with Crippen LogP contribution in [-0.4, -0.2) is 50.4 Å². The molecule has 0 fully saturated rings. The van der Waals surface area contributed by atoms with Crippen molar-refractivity contribution in [3.8, 4) is 0 Å². The van der Waals surface area contributed by atoms with Crippen molar-refractivity contribution in [3.05, 3.63) is 64.7 Å². The molecule has 2 aromatic carbocycles. The maximum atomic E-state index is 13.4. The number of amides is 3. The predicted octanol–water partition coefficient (Wildman–Crippen LogP) is 4.26. The lowest BCUT2D eigenvalue weighted by atomic mass is 10.1. The Morgan fingerprint density at radius 2 is 1.74 bits per heavy atom. The van der Waals surface area contributed by atoms with Gasteiger partial charge in [0.25, 0.3) is 17.7 Å². The fourth-order valence-electron chi connectivity index (χ4n) is 3.51. The molecule has 0 radical (unpaired) electrons. The summed E-state index contributed by atoms with van der Waals surface area (Å²) in [6.45, 7) is 6.17. The molecule has 1 heterocycles. The number of ether oxygens (including phenoxy) is 1. The van der Waals surface area contributed by atoms with Crippen LogP contribution >= 0.6 is 11.8 Å². The summed E-state index contributed by atoms with van der Waals surface area (Å²) in [5.74, 6) is -1.10. The molecular weight excluding hydrogens is 466 g/mol. The van der Waals surface area contributed by atoms with Crippen LogP contribution in [-0.2, 0) is 9.53 Å². The summed E-state index contributed by atoms with van der Waals surface area (Å²) < 4.78 is 5.22. The Labute approximate surface area is 209 Å². The molecule has 0 saturated carbocycles. The number of fused-ring (bicyclic) bond motifs is 1. The van der Waals surface area contributed by atoms with E-state index < -0.39 is 11.8 Å². The molecule has 35 heavy (non-hydrogen) atoms. The van der Waals surface area contributed by atoms with Crippen LogP contribution in [0.25, 0.3) is 0 Å². The average Bonchev–Trinajstić information content (AvgIpc) is 3.07. The third-order valence-electron chi connectivity index (χ3n) is 5.21. The van der Waals surface area contributed by atoms with Crippen LogP contribution in [0.3, 0.4) is 0 Å². The first kappa shape index (κ1) is 26.0. The third kappa shape index (κ3) is 5.54. The number of hydrogen-bond donors (Lipinski definition) is 2. The molecular formula is C25H29N5O4S. The monoisotopic (exact) mass is 495 g/mol. The van der Waals surface area contributed by atoms with E-state index in [1.54, 1.807) is 19.2 Å². The maximum Gasteiger partial charge on any atom is 0.277 e. The van der Waals surface area contributed by atoms with Crippen molar-refractivity contribution < 1.29 is 19.1 Å². The number of carbonyl (C=O) groups excluding carboxylic acids is 3. The summed E-state index contributed by atoms with van der Waals surface area (Å²) in [5, 5.41) is 13.8. The molecule has 0 unspecified atom stereocenters. The third-order valence-corrected chi connectivity index (χ3v) is 6.27. The molecule has 0 atom stereocenters. The van der Waals surface area contributed by atoms with Gasteiger partial charge in [-0.05, 0) is 37.1 Å². The summed E-state index contributed by atoms with van der Waals surface area (Å²) >= 11 is 1.39. The quantitative estimate of drug-likeness (QED) is 0.233. The number of benzene rings is 2. The maximum absolute atomic E-state index is 13.4. The van der Waals surface area contributed by atoms with Crippen LogP contribution in [0.4, 0.5) is 5.69 Å². The Bertz CT molecular complexity index is 1200. The minimum atomic E-state index is -0.524. The van der Waals surface area contributed by atoms with Crippen molar-refractivity contribution in [1.82, 2.24) is 15.5 Å². The van der Waals surface area contributed by atoms with Crippen molar-refractivity contribution in [3.63, 3.8) is 0 Å². The lowest BCUT2D eigenvalue weighted by Gasteiger charge is -2.16. The number of nitrogens with one attached hydrogen (secondary N) is 2. The van der Waals surface area contributed by atoms with Crippen molar-refractivity contribution >= 4 is 35.2 Å². The Kier molecular flexibility index (Phi) is 8.29. The van der Waals surface area contributed by atoms with Crippen LogP contribution in [0, 0.1) is 12.8 Å². The molecule has 1 aliphatic heterocycles. The normalized spacial score (nSPS) is 13.9. The van der Waals surface area contributed by atoms with Crippen molar-refractivity contribution in [2.75, 3.05) is 27.7 Å². The number of nitrogens with zero attached hydrogens (tertiary/aromatic N) is 3. The largest absolute Gasteiger partial charge is 0.481 e. The molecule has 0 bridgehead atoms. The van der Waals surface area contributed by atoms with E-state index in [-0.39, 0.29) is 40.2 Å². The van der Waals surface area contributed by atoms with Gasteiger partial charge in [0, 0.05) is 30.4 Å². The van der Waals surface area contributed by atoms with E-state index in [1.165, 1.54) is 30.8 Å². The van der Waals surface area contributed by atoms with E-state index in [0.29, 0.717) is 11.4 Å². The fraction of sp³-hybridized carbons (Fsp3) is 0.320. The number of azo groups is 1. The Balaban J connectivity index is 2.18. The lowest BCUT2D eigenvalue weighted by molar-refractivity contribution is -0.117. The average molecular weight is 496 g/mol. The minimum absolute atomic E-state index is 0.0998. The van der Waals surface area contributed by atoms with Gasteiger partial charge >= 0.3 is 0 Å². The molecule has 0 saturated heterocycles. The molecule has 2 N–H and O–H groups in total. The van der Waals surface area contributed by atoms with Crippen LogP contribution in [0.2, 0.25) is 0 Å². The van der Waals surface area contributed by atoms with Gasteiger partial charge in [-0.3, -0.25) is 19.3 Å². The molecule has 1 aliphatic rings. The van der Waals surface area contributed by atoms with Gasteiger partial charge in [0.1, 0.15) is 5.69 Å². The van der Waals surface area contributed by atoms with Gasteiger partial charge in [-0.2, -0.15) is 0 Å². The second-order valence-electron chi connectivity index (χ2n) is 8.28.